The normalized spacial score (nSPS) is 11.1. The average molecular weight is 355 g/mol. The molecule has 0 aliphatic carbocycles. The van der Waals surface area contributed by atoms with Crippen LogP contribution in [0.3, 0.4) is 0 Å². The van der Waals surface area contributed by atoms with Crippen molar-refractivity contribution in [2.45, 2.75) is 38.8 Å². The third-order valence-electron chi connectivity index (χ3n) is 4.24. The smallest absolute Gasteiger partial charge is 0.329 e. The van der Waals surface area contributed by atoms with Gasteiger partial charge in [-0.25, -0.2) is 4.79 Å². The molecule has 0 atom stereocenters. The van der Waals surface area contributed by atoms with Gasteiger partial charge in [-0.05, 0) is 25.0 Å². The lowest BCUT2D eigenvalue weighted by Crippen LogP contribution is -2.50. The first-order valence-electron chi connectivity index (χ1n) is 7.67. The molecule has 1 aromatic carbocycles. The highest BCUT2D eigenvalue weighted by atomic mass is 35.5. The maximum Gasteiger partial charge on any atom is 0.329 e. The summed E-state index contributed by atoms with van der Waals surface area (Å²) in [5, 5.41) is 3.07. The Morgan fingerprint density at radius 1 is 1.25 bits per heavy atom. The van der Waals surface area contributed by atoms with Crippen LogP contribution in [0.15, 0.2) is 33.9 Å². The number of benzene rings is 1. The predicted molar refractivity (Wildman–Crippen MR) is 96.6 cm³/mol. The van der Waals surface area contributed by atoms with Gasteiger partial charge in [0.05, 0.1) is 10.9 Å². The Labute approximate surface area is 145 Å². The van der Waals surface area contributed by atoms with Gasteiger partial charge >= 0.3 is 5.69 Å². The highest BCUT2D eigenvalue weighted by Crippen LogP contribution is 2.09. The highest BCUT2D eigenvalue weighted by Gasteiger charge is 2.21. The second-order valence-corrected chi connectivity index (χ2v) is 5.71. The molecule has 24 heavy (non-hydrogen) atoms. The summed E-state index contributed by atoms with van der Waals surface area (Å²) in [6.07, 6.45) is 1.45. The Kier molecular flexibility index (Phi) is 6.74. The lowest BCUT2D eigenvalue weighted by molar-refractivity contribution is -0.122. The zero-order valence-electron chi connectivity index (χ0n) is 13.8. The van der Waals surface area contributed by atoms with E-state index >= 15 is 0 Å². The van der Waals surface area contributed by atoms with Gasteiger partial charge in [-0.2, -0.15) is 0 Å². The van der Waals surface area contributed by atoms with E-state index in [9.17, 15) is 14.4 Å². The fraction of sp³-hybridized carbons (Fsp3) is 0.438. The summed E-state index contributed by atoms with van der Waals surface area (Å²) in [4.78, 5) is 39.0. The van der Waals surface area contributed by atoms with Gasteiger partial charge in [0, 0.05) is 12.1 Å². The molecule has 1 aromatic heterocycles. The maximum atomic E-state index is 12.3. The SMILES string of the molecule is CCC(N)(CC)CNC(=O)Cn1c(=O)[nH]c2ccccc2c1=O.Cl. The van der Waals surface area contributed by atoms with Gasteiger partial charge in [0.1, 0.15) is 6.54 Å². The van der Waals surface area contributed by atoms with Crippen LogP contribution in [0.1, 0.15) is 26.7 Å². The number of para-hydroxylation sites is 1. The molecule has 0 radical (unpaired) electrons. The Balaban J connectivity index is 0.00000288. The van der Waals surface area contributed by atoms with Crippen molar-refractivity contribution >= 4 is 29.2 Å². The molecule has 0 saturated carbocycles. The number of nitrogens with one attached hydrogen (secondary N) is 2. The van der Waals surface area contributed by atoms with Gasteiger partial charge in [0.2, 0.25) is 5.91 Å². The van der Waals surface area contributed by atoms with E-state index in [-0.39, 0.29) is 19.0 Å². The summed E-state index contributed by atoms with van der Waals surface area (Å²) in [7, 11) is 0. The summed E-state index contributed by atoms with van der Waals surface area (Å²) in [5.41, 5.74) is 5.02. The number of carbonyl (C=O) groups is 1. The summed E-state index contributed by atoms with van der Waals surface area (Å²) < 4.78 is 0.897. The minimum Gasteiger partial charge on any atom is -0.353 e. The number of hydrogen-bond donors (Lipinski definition) is 3. The fourth-order valence-electron chi connectivity index (χ4n) is 2.32. The molecule has 0 spiro atoms. The number of amides is 1. The first-order valence-corrected chi connectivity index (χ1v) is 7.67. The van der Waals surface area contributed by atoms with E-state index in [2.05, 4.69) is 10.3 Å². The lowest BCUT2D eigenvalue weighted by atomic mass is 9.94. The molecular weight excluding hydrogens is 332 g/mol. The van der Waals surface area contributed by atoms with Crippen LogP contribution in [0, 0.1) is 0 Å². The highest BCUT2D eigenvalue weighted by molar-refractivity contribution is 5.85. The summed E-state index contributed by atoms with van der Waals surface area (Å²) in [5.74, 6) is -0.412. The molecule has 0 fully saturated rings. The summed E-state index contributed by atoms with van der Waals surface area (Å²) in [6, 6.07) is 6.69. The van der Waals surface area contributed by atoms with Crippen molar-refractivity contribution in [2.75, 3.05) is 6.54 Å². The van der Waals surface area contributed by atoms with Crippen LogP contribution in [-0.2, 0) is 11.3 Å². The standard InChI is InChI=1S/C16H22N4O3.ClH/c1-3-16(17,4-2)10-18-13(21)9-20-14(22)11-7-5-6-8-12(11)19-15(20)23;/h5-8H,3-4,9-10,17H2,1-2H3,(H,18,21)(H,19,23);1H. The van der Waals surface area contributed by atoms with E-state index in [0.29, 0.717) is 17.4 Å². The Hall–Kier alpha value is -2.12. The van der Waals surface area contributed by atoms with Crippen LogP contribution < -0.4 is 22.3 Å². The molecule has 7 nitrogen and oxygen atoms in total. The molecule has 0 bridgehead atoms. The molecule has 0 saturated heterocycles. The van der Waals surface area contributed by atoms with Crippen LogP contribution in [0.4, 0.5) is 0 Å². The Bertz CT molecular complexity index is 824. The number of aromatic amines is 1. The minimum atomic E-state index is -0.603. The first kappa shape index (κ1) is 19.9. The van der Waals surface area contributed by atoms with Crippen LogP contribution >= 0.6 is 12.4 Å². The van der Waals surface area contributed by atoms with Crippen molar-refractivity contribution in [1.82, 2.24) is 14.9 Å². The maximum absolute atomic E-state index is 12.3. The first-order chi connectivity index (χ1) is 10.9. The van der Waals surface area contributed by atoms with E-state index in [4.69, 9.17) is 5.73 Å². The van der Waals surface area contributed by atoms with Gasteiger partial charge in [0.15, 0.2) is 0 Å². The van der Waals surface area contributed by atoms with Gasteiger partial charge in [-0.15, -0.1) is 12.4 Å². The zero-order valence-corrected chi connectivity index (χ0v) is 14.6. The molecule has 0 unspecified atom stereocenters. The molecule has 2 aromatic rings. The Morgan fingerprint density at radius 3 is 2.50 bits per heavy atom. The second-order valence-electron chi connectivity index (χ2n) is 5.71. The number of nitrogens with two attached hydrogens (primary N) is 1. The van der Waals surface area contributed by atoms with Crippen LogP contribution in [0.2, 0.25) is 0 Å². The molecule has 0 aliphatic heterocycles. The van der Waals surface area contributed by atoms with E-state index in [0.717, 1.165) is 17.4 Å². The summed E-state index contributed by atoms with van der Waals surface area (Å²) in [6.45, 7) is 3.88. The fourth-order valence-corrected chi connectivity index (χ4v) is 2.32. The van der Waals surface area contributed by atoms with Crippen LogP contribution in [0.25, 0.3) is 10.9 Å². The van der Waals surface area contributed by atoms with E-state index in [1.54, 1.807) is 24.3 Å². The number of halogens is 1. The number of nitrogens with zero attached hydrogens (tertiary/aromatic N) is 1. The van der Waals surface area contributed by atoms with E-state index in [1.807, 2.05) is 13.8 Å². The number of H-pyrrole nitrogens is 1. The minimum absolute atomic E-state index is 0. The van der Waals surface area contributed by atoms with Gasteiger partial charge in [-0.1, -0.05) is 26.0 Å². The van der Waals surface area contributed by atoms with E-state index in [1.165, 1.54) is 0 Å². The molecule has 8 heteroatoms. The second kappa shape index (κ2) is 8.12. The quantitative estimate of drug-likeness (QED) is 0.710. The molecule has 1 heterocycles. The number of rotatable bonds is 6. The van der Waals surface area contributed by atoms with Crippen molar-refractivity contribution in [2.24, 2.45) is 5.73 Å². The van der Waals surface area contributed by atoms with E-state index < -0.39 is 22.7 Å². The van der Waals surface area contributed by atoms with Crippen molar-refractivity contribution < 1.29 is 4.79 Å². The van der Waals surface area contributed by atoms with Crippen molar-refractivity contribution in [3.8, 4) is 0 Å². The number of carbonyl (C=O) groups excluding carboxylic acids is 1. The Morgan fingerprint density at radius 2 is 1.88 bits per heavy atom. The molecule has 1 amide bonds. The number of hydrogen-bond acceptors (Lipinski definition) is 4. The predicted octanol–water partition coefficient (Wildman–Crippen LogP) is 0.745. The average Bonchev–Trinajstić information content (AvgIpc) is 2.56. The van der Waals surface area contributed by atoms with Crippen molar-refractivity contribution in [3.05, 3.63) is 45.1 Å². The largest absolute Gasteiger partial charge is 0.353 e. The molecule has 132 valence electrons. The number of fused-ring (bicyclic) bond motifs is 1. The molecule has 4 N–H and O–H groups in total. The zero-order chi connectivity index (χ0) is 17.0. The molecular formula is C16H23ClN4O3. The van der Waals surface area contributed by atoms with Gasteiger partial charge in [-0.3, -0.25) is 14.2 Å². The monoisotopic (exact) mass is 354 g/mol. The molecule has 0 aliphatic rings. The summed E-state index contributed by atoms with van der Waals surface area (Å²) >= 11 is 0. The van der Waals surface area contributed by atoms with Crippen molar-refractivity contribution in [1.29, 1.82) is 0 Å². The number of aromatic nitrogens is 2. The van der Waals surface area contributed by atoms with Gasteiger partial charge < -0.3 is 16.0 Å². The van der Waals surface area contributed by atoms with Crippen LogP contribution in [-0.4, -0.2) is 27.5 Å². The third kappa shape index (κ3) is 4.24. The molecule has 2 rings (SSSR count). The third-order valence-corrected chi connectivity index (χ3v) is 4.24. The van der Waals surface area contributed by atoms with Crippen LogP contribution in [0.5, 0.6) is 0 Å². The topological polar surface area (TPSA) is 110 Å². The van der Waals surface area contributed by atoms with Gasteiger partial charge in [0.25, 0.3) is 5.56 Å². The van der Waals surface area contributed by atoms with Crippen molar-refractivity contribution in [3.63, 3.8) is 0 Å². The lowest BCUT2D eigenvalue weighted by Gasteiger charge is -2.26.